The molecule has 2 atom stereocenters. The maximum Gasteiger partial charge on any atom is 0.410 e. The van der Waals surface area contributed by atoms with Gasteiger partial charge in [0.15, 0.2) is 10.8 Å². The van der Waals surface area contributed by atoms with Gasteiger partial charge in [0.05, 0.1) is 12.6 Å². The molecule has 2 unspecified atom stereocenters. The molecule has 5 N–H and O–H groups in total. The van der Waals surface area contributed by atoms with Crippen LogP contribution in [0, 0.1) is 0 Å². The monoisotopic (exact) mass is 548 g/mol. The van der Waals surface area contributed by atoms with Gasteiger partial charge in [-0.3, -0.25) is 14.1 Å². The number of ether oxygens (including phenoxy) is 1. The van der Waals surface area contributed by atoms with Crippen LogP contribution in [0.25, 0.3) is 0 Å². The predicted molar refractivity (Wildman–Crippen MR) is 122 cm³/mol. The lowest BCUT2D eigenvalue weighted by Gasteiger charge is -2.45. The number of nitrogens with two attached hydrogens (primary N) is 1. The topological polar surface area (TPSA) is 231 Å². The Labute approximate surface area is 208 Å². The zero-order chi connectivity index (χ0) is 26.8. The van der Waals surface area contributed by atoms with Gasteiger partial charge in [-0.1, -0.05) is 19.0 Å². The van der Waals surface area contributed by atoms with E-state index in [4.69, 9.17) is 15.3 Å². The number of carbonyl (C=O) groups excluding carboxylic acids is 3. The fourth-order valence-electron chi connectivity index (χ4n) is 3.36. The molecule has 16 nitrogen and oxygen atoms in total. The number of carboxylic acid groups (broad SMARTS) is 1. The summed E-state index contributed by atoms with van der Waals surface area (Å²) in [5.41, 5.74) is 3.44. The second-order valence-electron chi connectivity index (χ2n) is 7.59. The number of thiazole rings is 1. The molecule has 0 bridgehead atoms. The SMILES string of the molecule is CC.Nc1nc(/C(=N/OC2(C(=O)O)CC2)C(=O)NC2C(=O)N(S(=O)(=O)O)C2CN2CCOC2=O)cs1. The van der Waals surface area contributed by atoms with E-state index >= 15 is 0 Å². The maximum atomic E-state index is 13.0. The number of nitrogen functional groups attached to an aromatic ring is 1. The van der Waals surface area contributed by atoms with E-state index in [1.807, 2.05) is 13.8 Å². The van der Waals surface area contributed by atoms with E-state index in [1.165, 1.54) is 5.38 Å². The smallest absolute Gasteiger partial charge is 0.410 e. The number of aliphatic carboxylic acids is 1. The lowest BCUT2D eigenvalue weighted by atomic mass is 9.97. The number of rotatable bonds is 9. The average Bonchev–Trinajstić information content (AvgIpc) is 3.33. The Morgan fingerprint density at radius 2 is 2.06 bits per heavy atom. The summed E-state index contributed by atoms with van der Waals surface area (Å²) in [5.74, 6) is -3.48. The van der Waals surface area contributed by atoms with Gasteiger partial charge in [-0.2, -0.15) is 8.42 Å². The summed E-state index contributed by atoms with van der Waals surface area (Å²) in [5, 5.41) is 16.6. The van der Waals surface area contributed by atoms with Crippen LogP contribution in [0.4, 0.5) is 9.93 Å². The van der Waals surface area contributed by atoms with Crippen LogP contribution in [0.15, 0.2) is 10.5 Å². The number of oxime groups is 1. The van der Waals surface area contributed by atoms with Gasteiger partial charge in [0.1, 0.15) is 18.3 Å². The van der Waals surface area contributed by atoms with Crippen molar-refractivity contribution in [2.24, 2.45) is 5.16 Å². The summed E-state index contributed by atoms with van der Waals surface area (Å²) in [6.07, 6.45) is -0.423. The first-order valence-corrected chi connectivity index (χ1v) is 12.9. The number of anilines is 1. The summed E-state index contributed by atoms with van der Waals surface area (Å²) >= 11 is 0.959. The number of hydrogen-bond acceptors (Lipinski definition) is 12. The van der Waals surface area contributed by atoms with Gasteiger partial charge in [0, 0.05) is 24.8 Å². The lowest BCUT2D eigenvalue weighted by Crippen LogP contribution is -2.74. The van der Waals surface area contributed by atoms with Crippen molar-refractivity contribution in [3.8, 4) is 0 Å². The van der Waals surface area contributed by atoms with E-state index in [9.17, 15) is 37.3 Å². The second-order valence-corrected chi connectivity index (χ2v) is 9.77. The third-order valence-corrected chi connectivity index (χ3v) is 6.96. The van der Waals surface area contributed by atoms with E-state index in [1.54, 1.807) is 0 Å². The van der Waals surface area contributed by atoms with Crippen LogP contribution in [0.3, 0.4) is 0 Å². The van der Waals surface area contributed by atoms with Crippen molar-refractivity contribution >= 4 is 56.4 Å². The highest BCUT2D eigenvalue weighted by Gasteiger charge is 2.56. The number of nitrogens with zero attached hydrogens (tertiary/aromatic N) is 4. The van der Waals surface area contributed by atoms with E-state index in [-0.39, 0.29) is 47.7 Å². The number of aromatic nitrogens is 1. The third-order valence-electron chi connectivity index (χ3n) is 5.34. The molecule has 3 aliphatic rings. The van der Waals surface area contributed by atoms with Gasteiger partial charge in [-0.15, -0.1) is 11.3 Å². The van der Waals surface area contributed by atoms with Crippen molar-refractivity contribution in [3.05, 3.63) is 11.1 Å². The highest BCUT2D eigenvalue weighted by Crippen LogP contribution is 2.40. The standard InChI is InChI=1S/C16H18N6O10S2.C2H6/c17-14-18-7(6-33-14)9(20-32-16(1-2-16)13(25)26)11(23)19-10-8(5-21-3-4-31-15(21)27)22(12(10)24)34(28,29)30;1-2/h6,8,10H,1-5H2,(H2,17,18)(H,19,23)(H,25,26)(H,28,29,30);1-2H3/b20-9-;. The molecule has 3 amide bonds. The van der Waals surface area contributed by atoms with Gasteiger partial charge in [0.25, 0.3) is 11.8 Å². The van der Waals surface area contributed by atoms with Crippen LogP contribution in [-0.4, -0.2) is 99.2 Å². The normalized spacial score (nSPS) is 22.7. The van der Waals surface area contributed by atoms with Crippen LogP contribution in [0.1, 0.15) is 32.4 Å². The van der Waals surface area contributed by atoms with Gasteiger partial charge < -0.3 is 30.6 Å². The number of amides is 3. The van der Waals surface area contributed by atoms with Crippen LogP contribution >= 0.6 is 11.3 Å². The van der Waals surface area contributed by atoms with Crippen molar-refractivity contribution in [1.82, 2.24) is 19.5 Å². The molecule has 0 aromatic carbocycles. The van der Waals surface area contributed by atoms with E-state index < -0.39 is 57.6 Å². The van der Waals surface area contributed by atoms with Crippen LogP contribution in [-0.2, 0) is 34.3 Å². The average molecular weight is 549 g/mol. The highest BCUT2D eigenvalue weighted by atomic mass is 32.2. The summed E-state index contributed by atoms with van der Waals surface area (Å²) in [6, 6.07) is -2.81. The Kier molecular flexibility index (Phi) is 7.70. The quantitative estimate of drug-likeness (QED) is 0.126. The summed E-state index contributed by atoms with van der Waals surface area (Å²) in [6.45, 7) is 3.80. The van der Waals surface area contributed by atoms with Crippen LogP contribution in [0.2, 0.25) is 0 Å². The first kappa shape index (κ1) is 27.1. The minimum Gasteiger partial charge on any atom is -0.478 e. The molecule has 2 aliphatic heterocycles. The van der Waals surface area contributed by atoms with Crippen molar-refractivity contribution < 1.29 is 46.8 Å². The molecule has 1 saturated carbocycles. The van der Waals surface area contributed by atoms with Crippen molar-refractivity contribution in [2.45, 2.75) is 44.4 Å². The molecule has 1 aromatic heterocycles. The Morgan fingerprint density at radius 1 is 1.39 bits per heavy atom. The zero-order valence-electron chi connectivity index (χ0n) is 19.1. The molecular formula is C18H24N6O10S2. The molecule has 3 fully saturated rings. The fourth-order valence-corrected chi connectivity index (χ4v) is 4.78. The summed E-state index contributed by atoms with van der Waals surface area (Å²) in [7, 11) is -4.99. The molecule has 4 rings (SSSR count). The zero-order valence-corrected chi connectivity index (χ0v) is 20.7. The number of β-lactam (4-membered cyclic amide) rings is 1. The van der Waals surface area contributed by atoms with Crippen molar-refractivity contribution in [3.63, 3.8) is 0 Å². The largest absolute Gasteiger partial charge is 0.478 e. The maximum absolute atomic E-state index is 13.0. The van der Waals surface area contributed by atoms with Crippen LogP contribution < -0.4 is 11.1 Å². The second kappa shape index (κ2) is 10.2. The molecule has 198 valence electrons. The van der Waals surface area contributed by atoms with Crippen LogP contribution in [0.5, 0.6) is 0 Å². The molecule has 18 heteroatoms. The Morgan fingerprint density at radius 3 is 2.53 bits per heavy atom. The first-order valence-electron chi connectivity index (χ1n) is 10.7. The van der Waals surface area contributed by atoms with E-state index in [2.05, 4.69) is 15.5 Å². The fraction of sp³-hybridized carbons (Fsp3) is 0.556. The Balaban J connectivity index is 0.00000176. The molecule has 0 spiro atoms. The number of carboxylic acids is 1. The van der Waals surface area contributed by atoms with Crippen molar-refractivity contribution in [1.29, 1.82) is 0 Å². The molecule has 1 aromatic rings. The van der Waals surface area contributed by atoms with Gasteiger partial charge in [0.2, 0.25) is 5.60 Å². The first-order chi connectivity index (χ1) is 16.9. The minimum atomic E-state index is -4.99. The number of cyclic esters (lactones) is 1. The predicted octanol–water partition coefficient (Wildman–Crippen LogP) is -0.960. The van der Waals surface area contributed by atoms with E-state index in [0.717, 1.165) is 16.2 Å². The van der Waals surface area contributed by atoms with Gasteiger partial charge in [-0.05, 0) is 0 Å². The summed E-state index contributed by atoms with van der Waals surface area (Å²) < 4.78 is 37.6. The molecule has 3 heterocycles. The number of hydrogen-bond donors (Lipinski definition) is 4. The van der Waals surface area contributed by atoms with Gasteiger partial charge in [-0.25, -0.2) is 18.9 Å². The third kappa shape index (κ3) is 5.34. The molecular weight excluding hydrogens is 524 g/mol. The highest BCUT2D eigenvalue weighted by molar-refractivity contribution is 7.84. The van der Waals surface area contributed by atoms with Crippen molar-refractivity contribution in [2.75, 3.05) is 25.4 Å². The molecule has 0 radical (unpaired) electrons. The number of nitrogens with one attached hydrogen (secondary N) is 1. The molecule has 2 saturated heterocycles. The molecule has 36 heavy (non-hydrogen) atoms. The lowest BCUT2D eigenvalue weighted by molar-refractivity contribution is -0.153. The van der Waals surface area contributed by atoms with E-state index in [0.29, 0.717) is 0 Å². The Hall–Kier alpha value is -3.51. The number of carbonyl (C=O) groups is 4. The summed E-state index contributed by atoms with van der Waals surface area (Å²) in [4.78, 5) is 58.6. The van der Waals surface area contributed by atoms with Gasteiger partial charge >= 0.3 is 22.4 Å². The Bertz CT molecular complexity index is 1190. The minimum absolute atomic E-state index is 0.0487. The molecule has 1 aliphatic carbocycles.